The van der Waals surface area contributed by atoms with Crippen molar-refractivity contribution < 1.29 is 4.74 Å². The summed E-state index contributed by atoms with van der Waals surface area (Å²) < 4.78 is 5.12. The third-order valence-electron chi connectivity index (χ3n) is 1.28. The summed E-state index contributed by atoms with van der Waals surface area (Å²) in [5.74, 6) is 5.19. The first kappa shape index (κ1) is 9.62. The lowest BCUT2D eigenvalue weighted by molar-refractivity contribution is 0.140. The summed E-state index contributed by atoms with van der Waals surface area (Å²) >= 11 is 0. The first-order chi connectivity index (χ1) is 4.85. The second-order valence-corrected chi connectivity index (χ2v) is 1.99. The van der Waals surface area contributed by atoms with Gasteiger partial charge in [-0.15, -0.1) is 6.58 Å². The first-order valence-corrected chi connectivity index (χ1v) is 3.51. The zero-order chi connectivity index (χ0) is 7.82. The van der Waals surface area contributed by atoms with Crippen molar-refractivity contribution in [3.63, 3.8) is 0 Å². The van der Waals surface area contributed by atoms with Crippen LogP contribution in [0.1, 0.15) is 13.3 Å². The van der Waals surface area contributed by atoms with E-state index in [1.54, 1.807) is 6.08 Å². The van der Waals surface area contributed by atoms with E-state index in [4.69, 9.17) is 10.6 Å². The second kappa shape index (κ2) is 6.74. The van der Waals surface area contributed by atoms with Gasteiger partial charge in [0.25, 0.3) is 0 Å². The van der Waals surface area contributed by atoms with E-state index in [1.165, 1.54) is 0 Å². The fourth-order valence-electron chi connectivity index (χ4n) is 0.624. The van der Waals surface area contributed by atoms with Crippen LogP contribution in [0.15, 0.2) is 12.7 Å². The molecule has 10 heavy (non-hydrogen) atoms. The minimum absolute atomic E-state index is 0.173. The Labute approximate surface area is 62.2 Å². The summed E-state index contributed by atoms with van der Waals surface area (Å²) in [6.45, 7) is 7.08. The Hall–Kier alpha value is -0.380. The van der Waals surface area contributed by atoms with E-state index in [0.29, 0.717) is 0 Å². The van der Waals surface area contributed by atoms with Gasteiger partial charge in [-0.25, -0.2) is 0 Å². The number of ether oxygens (including phenoxy) is 1. The van der Waals surface area contributed by atoms with Gasteiger partial charge in [-0.2, -0.15) is 0 Å². The van der Waals surface area contributed by atoms with E-state index in [-0.39, 0.29) is 6.04 Å². The quantitative estimate of drug-likeness (QED) is 0.246. The van der Waals surface area contributed by atoms with Gasteiger partial charge in [0.2, 0.25) is 0 Å². The summed E-state index contributed by atoms with van der Waals surface area (Å²) in [6, 6.07) is 0.173. The molecule has 0 aliphatic rings. The number of nitrogens with two attached hydrogens (primary N) is 1. The number of nitrogens with one attached hydrogen (secondary N) is 1. The van der Waals surface area contributed by atoms with Crippen molar-refractivity contribution in [3.8, 4) is 0 Å². The molecule has 3 heteroatoms. The van der Waals surface area contributed by atoms with Crippen LogP contribution >= 0.6 is 0 Å². The Morgan fingerprint density at radius 1 is 1.80 bits per heavy atom. The Balaban J connectivity index is 3.17. The average Bonchev–Trinajstić information content (AvgIpc) is 1.99. The summed E-state index contributed by atoms with van der Waals surface area (Å²) in [5.41, 5.74) is 2.61. The van der Waals surface area contributed by atoms with E-state index >= 15 is 0 Å². The molecule has 0 fully saturated rings. The Kier molecular flexibility index (Phi) is 6.48. The molecule has 60 valence electrons. The van der Waals surface area contributed by atoms with Crippen LogP contribution in [0.5, 0.6) is 0 Å². The van der Waals surface area contributed by atoms with E-state index in [1.807, 2.05) is 6.92 Å². The Morgan fingerprint density at radius 2 is 2.50 bits per heavy atom. The maximum Gasteiger partial charge on any atom is 0.0484 e. The molecular formula is C7H16N2O. The van der Waals surface area contributed by atoms with Crippen LogP contribution in [0.4, 0.5) is 0 Å². The number of hydrogen-bond donors (Lipinski definition) is 2. The van der Waals surface area contributed by atoms with Gasteiger partial charge < -0.3 is 4.74 Å². The molecule has 3 N–H and O–H groups in total. The molecule has 0 heterocycles. The molecule has 0 saturated heterocycles. The standard InChI is InChI=1S/C7H16N2O/c1-3-7(9-8)5-6-10-4-2/h3,7,9H,1,4-6,8H2,2H3. The molecule has 1 unspecified atom stereocenters. The molecule has 0 bridgehead atoms. The van der Waals surface area contributed by atoms with Crippen LogP contribution in [0.2, 0.25) is 0 Å². The van der Waals surface area contributed by atoms with Gasteiger partial charge in [0.15, 0.2) is 0 Å². The predicted octanol–water partition coefficient (Wildman–Crippen LogP) is 0.431. The molecule has 0 saturated carbocycles. The molecule has 0 aliphatic carbocycles. The van der Waals surface area contributed by atoms with Gasteiger partial charge >= 0.3 is 0 Å². The number of rotatable bonds is 6. The van der Waals surface area contributed by atoms with Crippen molar-refractivity contribution in [1.29, 1.82) is 0 Å². The first-order valence-electron chi connectivity index (χ1n) is 3.51. The highest BCUT2D eigenvalue weighted by molar-refractivity contribution is 4.83. The van der Waals surface area contributed by atoms with Crippen molar-refractivity contribution in [1.82, 2.24) is 5.43 Å². The molecule has 0 aromatic heterocycles. The molecule has 0 rings (SSSR count). The van der Waals surface area contributed by atoms with E-state index in [0.717, 1.165) is 19.6 Å². The van der Waals surface area contributed by atoms with Crippen LogP contribution < -0.4 is 11.3 Å². The van der Waals surface area contributed by atoms with Crippen molar-refractivity contribution >= 4 is 0 Å². The van der Waals surface area contributed by atoms with Gasteiger partial charge in [-0.05, 0) is 13.3 Å². The molecule has 0 spiro atoms. The summed E-state index contributed by atoms with van der Waals surface area (Å²) in [6.07, 6.45) is 2.66. The highest BCUT2D eigenvalue weighted by atomic mass is 16.5. The van der Waals surface area contributed by atoms with Crippen molar-refractivity contribution in [3.05, 3.63) is 12.7 Å². The van der Waals surface area contributed by atoms with E-state index in [9.17, 15) is 0 Å². The fraction of sp³-hybridized carbons (Fsp3) is 0.714. The second-order valence-electron chi connectivity index (χ2n) is 1.99. The minimum Gasteiger partial charge on any atom is -0.382 e. The van der Waals surface area contributed by atoms with E-state index in [2.05, 4.69) is 12.0 Å². The normalized spacial score (nSPS) is 13.0. The van der Waals surface area contributed by atoms with Gasteiger partial charge in [0.1, 0.15) is 0 Å². The van der Waals surface area contributed by atoms with Crippen molar-refractivity contribution in [2.45, 2.75) is 19.4 Å². The maximum atomic E-state index is 5.19. The lowest BCUT2D eigenvalue weighted by Gasteiger charge is -2.09. The predicted molar refractivity (Wildman–Crippen MR) is 42.4 cm³/mol. The molecule has 0 aromatic carbocycles. The molecule has 0 amide bonds. The minimum atomic E-state index is 0.173. The fourth-order valence-corrected chi connectivity index (χ4v) is 0.624. The third kappa shape index (κ3) is 4.49. The van der Waals surface area contributed by atoms with Gasteiger partial charge in [0.05, 0.1) is 0 Å². The number of hydrazine groups is 1. The Morgan fingerprint density at radius 3 is 2.90 bits per heavy atom. The van der Waals surface area contributed by atoms with Gasteiger partial charge in [0, 0.05) is 19.3 Å². The molecule has 0 aliphatic heterocycles. The average molecular weight is 144 g/mol. The van der Waals surface area contributed by atoms with Crippen LogP contribution in [0.3, 0.4) is 0 Å². The van der Waals surface area contributed by atoms with Crippen LogP contribution in [0.25, 0.3) is 0 Å². The van der Waals surface area contributed by atoms with E-state index < -0.39 is 0 Å². The SMILES string of the molecule is C=CC(CCOCC)NN. The summed E-state index contributed by atoms with van der Waals surface area (Å²) in [4.78, 5) is 0. The van der Waals surface area contributed by atoms with Crippen molar-refractivity contribution in [2.24, 2.45) is 5.84 Å². The molecule has 0 radical (unpaired) electrons. The van der Waals surface area contributed by atoms with Gasteiger partial charge in [-0.1, -0.05) is 6.08 Å². The third-order valence-corrected chi connectivity index (χ3v) is 1.28. The highest BCUT2D eigenvalue weighted by Gasteiger charge is 1.98. The van der Waals surface area contributed by atoms with Crippen molar-refractivity contribution in [2.75, 3.05) is 13.2 Å². The molecule has 0 aromatic rings. The smallest absolute Gasteiger partial charge is 0.0484 e. The molecule has 1 atom stereocenters. The maximum absolute atomic E-state index is 5.19. The summed E-state index contributed by atoms with van der Waals surface area (Å²) in [5, 5.41) is 0. The van der Waals surface area contributed by atoms with Gasteiger partial charge in [-0.3, -0.25) is 11.3 Å². The number of hydrogen-bond acceptors (Lipinski definition) is 3. The lowest BCUT2D eigenvalue weighted by Crippen LogP contribution is -2.34. The van der Waals surface area contributed by atoms with Crippen LogP contribution in [-0.2, 0) is 4.74 Å². The zero-order valence-corrected chi connectivity index (χ0v) is 6.47. The topological polar surface area (TPSA) is 47.3 Å². The Bertz CT molecular complexity index is 85.7. The lowest BCUT2D eigenvalue weighted by atomic mass is 10.2. The highest BCUT2D eigenvalue weighted by Crippen LogP contribution is 1.91. The largest absolute Gasteiger partial charge is 0.382 e. The molecular weight excluding hydrogens is 128 g/mol. The zero-order valence-electron chi connectivity index (χ0n) is 6.47. The van der Waals surface area contributed by atoms with Crippen LogP contribution in [-0.4, -0.2) is 19.3 Å². The monoisotopic (exact) mass is 144 g/mol. The molecule has 3 nitrogen and oxygen atoms in total. The summed E-state index contributed by atoms with van der Waals surface area (Å²) in [7, 11) is 0. The van der Waals surface area contributed by atoms with Crippen LogP contribution in [0, 0.1) is 0 Å².